The van der Waals surface area contributed by atoms with Crippen molar-refractivity contribution in [3.05, 3.63) is 112 Å². The molecule has 0 radical (unpaired) electrons. The van der Waals surface area contributed by atoms with Crippen LogP contribution in [0.15, 0.2) is 73.1 Å². The Labute approximate surface area is 210 Å². The molecule has 4 aromatic rings. The van der Waals surface area contributed by atoms with Crippen molar-refractivity contribution in [2.24, 2.45) is 0 Å². The van der Waals surface area contributed by atoms with E-state index in [2.05, 4.69) is 57.7 Å². The van der Waals surface area contributed by atoms with Gasteiger partial charge in [-0.1, -0.05) is 29.8 Å². The summed E-state index contributed by atoms with van der Waals surface area (Å²) in [5, 5.41) is 4.98. The fraction of sp³-hybridized carbons (Fsp3) is 0.222. The van der Waals surface area contributed by atoms with Crippen LogP contribution in [-0.4, -0.2) is 24.5 Å². The van der Waals surface area contributed by atoms with Gasteiger partial charge in [-0.05, 0) is 81.0 Å². The third-order valence-electron chi connectivity index (χ3n) is 6.63. The highest BCUT2D eigenvalue weighted by molar-refractivity contribution is 7.80. The van der Waals surface area contributed by atoms with Crippen molar-refractivity contribution in [2.45, 2.75) is 39.4 Å². The van der Waals surface area contributed by atoms with Crippen LogP contribution in [0.25, 0.3) is 5.69 Å². The second-order valence-electron chi connectivity index (χ2n) is 8.60. The number of hydrogen-bond acceptors (Lipinski definition) is 3. The van der Waals surface area contributed by atoms with E-state index in [1.54, 1.807) is 0 Å². The third kappa shape index (κ3) is 3.97. The molecular formula is C27H26ClN5S. The van der Waals surface area contributed by atoms with Gasteiger partial charge in [0.25, 0.3) is 0 Å². The van der Waals surface area contributed by atoms with E-state index in [-0.39, 0.29) is 12.1 Å². The van der Waals surface area contributed by atoms with E-state index in [1.807, 2.05) is 60.9 Å². The number of halogens is 1. The van der Waals surface area contributed by atoms with Crippen LogP contribution in [0.3, 0.4) is 0 Å². The molecule has 2 unspecified atom stereocenters. The molecule has 1 saturated heterocycles. The Hall–Kier alpha value is -3.22. The molecule has 1 aliphatic rings. The van der Waals surface area contributed by atoms with Crippen LogP contribution in [0, 0.1) is 20.8 Å². The summed E-state index contributed by atoms with van der Waals surface area (Å²) in [5.74, 6) is 0. The number of nitrogens with one attached hydrogen (secondary N) is 1. The number of pyridine rings is 2. The second kappa shape index (κ2) is 9.20. The summed E-state index contributed by atoms with van der Waals surface area (Å²) in [4.78, 5) is 11.5. The summed E-state index contributed by atoms with van der Waals surface area (Å²) in [6.07, 6.45) is 3.66. The van der Waals surface area contributed by atoms with Crippen LogP contribution in [0.5, 0.6) is 0 Å². The fourth-order valence-electron chi connectivity index (χ4n) is 5.00. The van der Waals surface area contributed by atoms with Gasteiger partial charge in [-0.3, -0.25) is 9.97 Å². The summed E-state index contributed by atoms with van der Waals surface area (Å²) >= 11 is 12.2. The Kier molecular flexibility index (Phi) is 6.11. The lowest BCUT2D eigenvalue weighted by Crippen LogP contribution is -2.30. The number of aromatic nitrogens is 3. The molecule has 0 aliphatic carbocycles. The predicted octanol–water partition coefficient (Wildman–Crippen LogP) is 6.02. The fourth-order valence-corrected chi connectivity index (χ4v) is 5.49. The van der Waals surface area contributed by atoms with Crippen molar-refractivity contribution in [3.63, 3.8) is 0 Å². The van der Waals surface area contributed by atoms with Gasteiger partial charge in [0.15, 0.2) is 5.11 Å². The quantitative estimate of drug-likeness (QED) is 0.349. The molecule has 1 aromatic carbocycles. The van der Waals surface area contributed by atoms with Gasteiger partial charge in [0.1, 0.15) is 0 Å². The third-order valence-corrected chi connectivity index (χ3v) is 7.21. The standard InChI is InChI=1S/C27H26ClN5S/c1-17-18(2)33(22-11-8-9-20(28)15-22)19(3)24(17)26-25(23-12-5-7-14-30-23)31-27(34)32(26)16-21-10-4-6-13-29-21/h4-15,25-26H,16H2,1-3H3,(H,31,34). The average molecular weight is 488 g/mol. The normalized spacial score (nSPS) is 17.8. The van der Waals surface area contributed by atoms with Crippen LogP contribution in [-0.2, 0) is 6.54 Å². The van der Waals surface area contributed by atoms with Crippen LogP contribution in [0.2, 0.25) is 5.02 Å². The van der Waals surface area contributed by atoms with E-state index in [1.165, 1.54) is 22.5 Å². The maximum absolute atomic E-state index is 6.35. The first kappa shape index (κ1) is 22.6. The van der Waals surface area contributed by atoms with Crippen molar-refractivity contribution < 1.29 is 0 Å². The first-order valence-electron chi connectivity index (χ1n) is 11.3. The molecule has 0 amide bonds. The molecule has 3 aromatic heterocycles. The van der Waals surface area contributed by atoms with Crippen molar-refractivity contribution in [1.29, 1.82) is 0 Å². The molecule has 5 nitrogen and oxygen atoms in total. The Bertz CT molecular complexity index is 1340. The van der Waals surface area contributed by atoms with Gasteiger partial charge in [0.2, 0.25) is 0 Å². The molecule has 172 valence electrons. The van der Waals surface area contributed by atoms with Gasteiger partial charge in [-0.25, -0.2) is 0 Å². The van der Waals surface area contributed by atoms with Gasteiger partial charge in [-0.2, -0.15) is 0 Å². The van der Waals surface area contributed by atoms with Crippen molar-refractivity contribution in [2.75, 3.05) is 0 Å². The van der Waals surface area contributed by atoms with Crippen LogP contribution in [0.4, 0.5) is 0 Å². The van der Waals surface area contributed by atoms with E-state index in [9.17, 15) is 0 Å². The molecule has 7 heteroatoms. The number of thiocarbonyl (C=S) groups is 1. The van der Waals surface area contributed by atoms with E-state index < -0.39 is 0 Å². The van der Waals surface area contributed by atoms with E-state index in [0.717, 1.165) is 22.1 Å². The van der Waals surface area contributed by atoms with Gasteiger partial charge in [0, 0.05) is 40.1 Å². The average Bonchev–Trinajstić information content (AvgIpc) is 3.27. The number of nitrogens with zero attached hydrogens (tertiary/aromatic N) is 4. The van der Waals surface area contributed by atoms with Crippen molar-refractivity contribution >= 4 is 28.9 Å². The minimum absolute atomic E-state index is 0.0384. The summed E-state index contributed by atoms with van der Waals surface area (Å²) < 4.78 is 2.28. The number of rotatable bonds is 5. The lowest BCUT2D eigenvalue weighted by molar-refractivity contribution is 0.306. The second-order valence-corrected chi connectivity index (χ2v) is 9.42. The predicted molar refractivity (Wildman–Crippen MR) is 140 cm³/mol. The minimum atomic E-state index is -0.0792. The molecule has 0 bridgehead atoms. The Morgan fingerprint density at radius 3 is 2.38 bits per heavy atom. The summed E-state index contributed by atoms with van der Waals surface area (Å²) in [7, 11) is 0. The van der Waals surface area contributed by atoms with Gasteiger partial charge < -0.3 is 14.8 Å². The zero-order valence-corrected chi connectivity index (χ0v) is 20.9. The van der Waals surface area contributed by atoms with Crippen molar-refractivity contribution in [1.82, 2.24) is 24.8 Å². The summed E-state index contributed by atoms with van der Waals surface area (Å²) in [6.45, 7) is 7.13. The molecule has 1 aliphatic heterocycles. The van der Waals surface area contributed by atoms with E-state index in [4.69, 9.17) is 23.8 Å². The SMILES string of the molecule is Cc1c(C2C(c3ccccn3)NC(=S)N2Cc2ccccn2)c(C)n(-c2cccc(Cl)c2)c1C. The smallest absolute Gasteiger partial charge is 0.170 e. The highest BCUT2D eigenvalue weighted by Crippen LogP contribution is 2.44. The zero-order valence-electron chi connectivity index (χ0n) is 19.4. The molecule has 1 fully saturated rings. The Balaban J connectivity index is 1.67. The highest BCUT2D eigenvalue weighted by Gasteiger charge is 2.42. The molecule has 0 spiro atoms. The Morgan fingerprint density at radius 1 is 0.941 bits per heavy atom. The van der Waals surface area contributed by atoms with Crippen molar-refractivity contribution in [3.8, 4) is 5.69 Å². The lowest BCUT2D eigenvalue weighted by atomic mass is 9.93. The van der Waals surface area contributed by atoms with E-state index >= 15 is 0 Å². The van der Waals surface area contributed by atoms with Gasteiger partial charge >= 0.3 is 0 Å². The van der Waals surface area contributed by atoms with Crippen LogP contribution in [0.1, 0.15) is 46.0 Å². The van der Waals surface area contributed by atoms with E-state index in [0.29, 0.717) is 11.7 Å². The maximum Gasteiger partial charge on any atom is 0.170 e. The largest absolute Gasteiger partial charge is 0.352 e. The molecule has 2 atom stereocenters. The first-order chi connectivity index (χ1) is 16.5. The van der Waals surface area contributed by atoms with Gasteiger partial charge in [-0.15, -0.1) is 0 Å². The van der Waals surface area contributed by atoms with Crippen LogP contribution >= 0.6 is 23.8 Å². The molecule has 4 heterocycles. The molecule has 34 heavy (non-hydrogen) atoms. The minimum Gasteiger partial charge on any atom is -0.352 e. The first-order valence-corrected chi connectivity index (χ1v) is 12.1. The van der Waals surface area contributed by atoms with Gasteiger partial charge in [0.05, 0.1) is 30.0 Å². The molecule has 0 saturated carbocycles. The molecule has 1 N–H and O–H groups in total. The molecular weight excluding hydrogens is 462 g/mol. The zero-order chi connectivity index (χ0) is 23.8. The lowest BCUT2D eigenvalue weighted by Gasteiger charge is -2.28. The summed E-state index contributed by atoms with van der Waals surface area (Å²) in [5.41, 5.74) is 7.82. The van der Waals surface area contributed by atoms with Crippen LogP contribution < -0.4 is 5.32 Å². The Morgan fingerprint density at radius 2 is 1.71 bits per heavy atom. The maximum atomic E-state index is 6.35. The highest BCUT2D eigenvalue weighted by atomic mass is 35.5. The number of hydrogen-bond donors (Lipinski definition) is 1. The number of benzene rings is 1. The topological polar surface area (TPSA) is 46.0 Å². The monoisotopic (exact) mass is 487 g/mol. The summed E-state index contributed by atoms with van der Waals surface area (Å²) in [6, 6.07) is 19.9. The molecule has 5 rings (SSSR count).